The van der Waals surface area contributed by atoms with E-state index in [2.05, 4.69) is 10.4 Å². The molecule has 0 fully saturated rings. The van der Waals surface area contributed by atoms with E-state index in [1.165, 1.54) is 9.58 Å². The SMILES string of the molecule is Cc1cccc(NC(=O)CN(C)C(=O)Cc2nn(C)c(=O)c3ccccc23)c1C. The lowest BCUT2D eigenvalue weighted by Gasteiger charge is -2.18. The molecule has 7 nitrogen and oxygen atoms in total. The molecule has 1 heterocycles. The van der Waals surface area contributed by atoms with Crippen LogP contribution in [0, 0.1) is 13.8 Å². The van der Waals surface area contributed by atoms with Crippen LogP contribution in [0.2, 0.25) is 0 Å². The highest BCUT2D eigenvalue weighted by Gasteiger charge is 2.17. The molecule has 1 N–H and O–H groups in total. The topological polar surface area (TPSA) is 84.3 Å². The quantitative estimate of drug-likeness (QED) is 0.721. The maximum absolute atomic E-state index is 12.7. The van der Waals surface area contributed by atoms with E-state index in [0.29, 0.717) is 16.5 Å². The number of hydrogen-bond acceptors (Lipinski definition) is 4. The molecule has 0 saturated heterocycles. The third-order valence-corrected chi connectivity index (χ3v) is 5.04. The number of likely N-dealkylation sites (N-methyl/N-ethyl adjacent to an activating group) is 1. The van der Waals surface area contributed by atoms with Crippen LogP contribution in [-0.4, -0.2) is 40.1 Å². The molecule has 0 spiro atoms. The summed E-state index contributed by atoms with van der Waals surface area (Å²) < 4.78 is 1.23. The van der Waals surface area contributed by atoms with Crippen molar-refractivity contribution in [2.75, 3.05) is 18.9 Å². The van der Waals surface area contributed by atoms with Gasteiger partial charge in [0.25, 0.3) is 5.56 Å². The summed E-state index contributed by atoms with van der Waals surface area (Å²) in [6.07, 6.45) is 0.00187. The van der Waals surface area contributed by atoms with Gasteiger partial charge < -0.3 is 10.2 Å². The largest absolute Gasteiger partial charge is 0.336 e. The summed E-state index contributed by atoms with van der Waals surface area (Å²) in [6, 6.07) is 12.8. The maximum atomic E-state index is 12.7. The molecular weight excluding hydrogens is 368 g/mol. The summed E-state index contributed by atoms with van der Waals surface area (Å²) in [5.41, 5.74) is 3.12. The number of hydrogen-bond donors (Lipinski definition) is 1. The van der Waals surface area contributed by atoms with Gasteiger partial charge in [0.15, 0.2) is 0 Å². The van der Waals surface area contributed by atoms with E-state index in [1.54, 1.807) is 38.4 Å². The molecule has 2 aromatic carbocycles. The fourth-order valence-electron chi connectivity index (χ4n) is 3.16. The molecule has 0 radical (unpaired) electrons. The second-order valence-corrected chi connectivity index (χ2v) is 7.14. The Kier molecular flexibility index (Phi) is 5.77. The molecule has 150 valence electrons. The average molecular weight is 392 g/mol. The molecule has 0 bridgehead atoms. The number of fused-ring (bicyclic) bond motifs is 1. The molecule has 3 rings (SSSR count). The summed E-state index contributed by atoms with van der Waals surface area (Å²) in [5, 5.41) is 8.27. The zero-order chi connectivity index (χ0) is 21.1. The number of aromatic nitrogens is 2. The summed E-state index contributed by atoms with van der Waals surface area (Å²) in [5.74, 6) is -0.523. The average Bonchev–Trinajstić information content (AvgIpc) is 2.69. The molecule has 0 aliphatic carbocycles. The van der Waals surface area contributed by atoms with Crippen LogP contribution in [0.3, 0.4) is 0 Å². The molecule has 2 amide bonds. The Balaban J connectivity index is 1.72. The Hall–Kier alpha value is -3.48. The molecule has 29 heavy (non-hydrogen) atoms. The van der Waals surface area contributed by atoms with Crippen LogP contribution >= 0.6 is 0 Å². The standard InChI is InChI=1S/C22H24N4O3/c1-14-8-7-11-18(15(14)2)23-20(27)13-25(3)21(28)12-19-16-9-5-6-10-17(16)22(29)26(4)24-19/h5-11H,12-13H2,1-4H3,(H,23,27). The zero-order valence-corrected chi connectivity index (χ0v) is 17.0. The highest BCUT2D eigenvalue weighted by Crippen LogP contribution is 2.18. The van der Waals surface area contributed by atoms with Gasteiger partial charge in [-0.25, -0.2) is 4.68 Å². The minimum absolute atomic E-state index is 0.00187. The minimum atomic E-state index is -0.271. The van der Waals surface area contributed by atoms with E-state index in [4.69, 9.17) is 0 Å². The Labute approximate surface area is 169 Å². The van der Waals surface area contributed by atoms with Gasteiger partial charge in [0.2, 0.25) is 11.8 Å². The zero-order valence-electron chi connectivity index (χ0n) is 17.0. The molecule has 3 aromatic rings. The molecule has 1 aromatic heterocycles. The van der Waals surface area contributed by atoms with E-state index in [0.717, 1.165) is 16.8 Å². The number of carbonyl (C=O) groups is 2. The lowest BCUT2D eigenvalue weighted by molar-refractivity contribution is -0.132. The minimum Gasteiger partial charge on any atom is -0.336 e. The number of nitrogens with zero attached hydrogens (tertiary/aromatic N) is 3. The van der Waals surface area contributed by atoms with E-state index in [9.17, 15) is 14.4 Å². The van der Waals surface area contributed by atoms with Gasteiger partial charge in [-0.1, -0.05) is 30.3 Å². The van der Waals surface area contributed by atoms with Crippen LogP contribution in [0.15, 0.2) is 47.3 Å². The highest BCUT2D eigenvalue weighted by molar-refractivity contribution is 5.96. The number of carbonyl (C=O) groups excluding carboxylic acids is 2. The third-order valence-electron chi connectivity index (χ3n) is 5.04. The van der Waals surface area contributed by atoms with Crippen molar-refractivity contribution in [2.45, 2.75) is 20.3 Å². The summed E-state index contributed by atoms with van der Waals surface area (Å²) >= 11 is 0. The molecule has 0 atom stereocenters. The van der Waals surface area contributed by atoms with Crippen molar-refractivity contribution in [3.8, 4) is 0 Å². The van der Waals surface area contributed by atoms with Crippen molar-refractivity contribution in [1.29, 1.82) is 0 Å². The van der Waals surface area contributed by atoms with E-state index in [-0.39, 0.29) is 30.3 Å². The lowest BCUT2D eigenvalue weighted by atomic mass is 10.1. The Morgan fingerprint density at radius 3 is 2.48 bits per heavy atom. The van der Waals surface area contributed by atoms with Crippen LogP contribution in [-0.2, 0) is 23.1 Å². The predicted molar refractivity (Wildman–Crippen MR) is 113 cm³/mol. The number of rotatable bonds is 5. The van der Waals surface area contributed by atoms with Gasteiger partial charge in [0.1, 0.15) is 0 Å². The van der Waals surface area contributed by atoms with E-state index < -0.39 is 0 Å². The van der Waals surface area contributed by atoms with Crippen LogP contribution in [0.25, 0.3) is 10.8 Å². The monoisotopic (exact) mass is 392 g/mol. The van der Waals surface area contributed by atoms with E-state index >= 15 is 0 Å². The Morgan fingerprint density at radius 2 is 1.76 bits per heavy atom. The van der Waals surface area contributed by atoms with Gasteiger partial charge in [-0.05, 0) is 37.1 Å². The number of anilines is 1. The highest BCUT2D eigenvalue weighted by atomic mass is 16.2. The first-order valence-electron chi connectivity index (χ1n) is 9.33. The number of benzene rings is 2. The summed E-state index contributed by atoms with van der Waals surface area (Å²) in [7, 11) is 3.14. The number of amides is 2. The van der Waals surface area contributed by atoms with Crippen LogP contribution in [0.1, 0.15) is 16.8 Å². The van der Waals surface area contributed by atoms with Crippen molar-refractivity contribution in [3.05, 3.63) is 69.6 Å². The third kappa shape index (κ3) is 4.34. The number of aryl methyl sites for hydroxylation is 2. The maximum Gasteiger partial charge on any atom is 0.274 e. The first-order valence-corrected chi connectivity index (χ1v) is 9.33. The molecular formula is C22H24N4O3. The molecule has 0 unspecified atom stereocenters. The predicted octanol–water partition coefficient (Wildman–Crippen LogP) is 2.19. The van der Waals surface area contributed by atoms with E-state index in [1.807, 2.05) is 32.0 Å². The van der Waals surface area contributed by atoms with Gasteiger partial charge in [0, 0.05) is 25.2 Å². The van der Waals surface area contributed by atoms with Crippen LogP contribution in [0.5, 0.6) is 0 Å². The van der Waals surface area contributed by atoms with Gasteiger partial charge in [0.05, 0.1) is 24.0 Å². The molecule has 7 heteroatoms. The summed E-state index contributed by atoms with van der Waals surface area (Å²) in [6.45, 7) is 3.84. The van der Waals surface area contributed by atoms with Crippen molar-refractivity contribution in [3.63, 3.8) is 0 Å². The van der Waals surface area contributed by atoms with Gasteiger partial charge >= 0.3 is 0 Å². The molecule has 0 aliphatic heterocycles. The second kappa shape index (κ2) is 8.26. The van der Waals surface area contributed by atoms with Gasteiger partial charge in [-0.3, -0.25) is 14.4 Å². The Morgan fingerprint density at radius 1 is 1.07 bits per heavy atom. The molecule has 0 aliphatic rings. The second-order valence-electron chi connectivity index (χ2n) is 7.14. The lowest BCUT2D eigenvalue weighted by Crippen LogP contribution is -2.36. The van der Waals surface area contributed by atoms with Crippen molar-refractivity contribution in [1.82, 2.24) is 14.7 Å². The Bertz CT molecular complexity index is 1150. The molecule has 0 saturated carbocycles. The smallest absolute Gasteiger partial charge is 0.274 e. The fourth-order valence-corrected chi connectivity index (χ4v) is 3.16. The number of nitrogens with one attached hydrogen (secondary N) is 1. The van der Waals surface area contributed by atoms with Crippen molar-refractivity contribution >= 4 is 28.3 Å². The van der Waals surface area contributed by atoms with Crippen LogP contribution in [0.4, 0.5) is 5.69 Å². The van der Waals surface area contributed by atoms with Crippen LogP contribution < -0.4 is 10.9 Å². The van der Waals surface area contributed by atoms with Gasteiger partial charge in [-0.2, -0.15) is 5.10 Å². The summed E-state index contributed by atoms with van der Waals surface area (Å²) in [4.78, 5) is 38.7. The first kappa shape index (κ1) is 20.3. The van der Waals surface area contributed by atoms with Crippen molar-refractivity contribution in [2.24, 2.45) is 7.05 Å². The normalized spacial score (nSPS) is 10.8. The van der Waals surface area contributed by atoms with Crippen molar-refractivity contribution < 1.29 is 9.59 Å². The first-order chi connectivity index (χ1) is 13.8. The fraction of sp³-hybridized carbons (Fsp3) is 0.273. The van der Waals surface area contributed by atoms with Gasteiger partial charge in [-0.15, -0.1) is 0 Å².